The highest BCUT2D eigenvalue weighted by molar-refractivity contribution is 14.0. The van der Waals surface area contributed by atoms with Crippen molar-refractivity contribution in [1.82, 2.24) is 0 Å². The standard InChI is InChI=1S/C14H16BrN3S.HI/c1-2-10-4-3-5-12(6-10)18-14(16)17-8-13-7-11(15)9-19-13;/h3-7,9H,2,8H2,1H3,(H3,16,17,18);1H. The van der Waals surface area contributed by atoms with E-state index in [9.17, 15) is 0 Å². The molecule has 0 spiro atoms. The molecule has 0 aliphatic rings. The van der Waals surface area contributed by atoms with Crippen molar-refractivity contribution in [3.8, 4) is 0 Å². The molecular weight excluding hydrogens is 449 g/mol. The van der Waals surface area contributed by atoms with E-state index in [0.717, 1.165) is 16.6 Å². The van der Waals surface area contributed by atoms with E-state index >= 15 is 0 Å². The lowest BCUT2D eigenvalue weighted by atomic mass is 10.1. The summed E-state index contributed by atoms with van der Waals surface area (Å²) in [5, 5.41) is 5.16. The molecule has 0 atom stereocenters. The van der Waals surface area contributed by atoms with Crippen LogP contribution in [0.2, 0.25) is 0 Å². The van der Waals surface area contributed by atoms with Gasteiger partial charge in [0.1, 0.15) is 0 Å². The van der Waals surface area contributed by atoms with Gasteiger partial charge in [-0.15, -0.1) is 35.3 Å². The number of anilines is 1. The summed E-state index contributed by atoms with van der Waals surface area (Å²) in [6.07, 6.45) is 1.01. The lowest BCUT2D eigenvalue weighted by Crippen LogP contribution is -2.22. The Morgan fingerprint density at radius 1 is 1.40 bits per heavy atom. The molecular formula is C14H17BrIN3S. The topological polar surface area (TPSA) is 50.4 Å². The number of thiophene rings is 1. The molecule has 0 saturated carbocycles. The predicted octanol–water partition coefficient (Wildman–Crippen LogP) is 4.62. The molecule has 1 aromatic heterocycles. The lowest BCUT2D eigenvalue weighted by molar-refractivity contribution is 1.09. The fourth-order valence-corrected chi connectivity index (χ4v) is 3.03. The third-order valence-corrected chi connectivity index (χ3v) is 4.32. The van der Waals surface area contributed by atoms with Crippen molar-refractivity contribution < 1.29 is 0 Å². The van der Waals surface area contributed by atoms with Gasteiger partial charge >= 0.3 is 0 Å². The fourth-order valence-electron chi connectivity index (χ4n) is 1.66. The van der Waals surface area contributed by atoms with Crippen LogP contribution in [0.15, 0.2) is 45.2 Å². The van der Waals surface area contributed by atoms with Crippen LogP contribution in [0.5, 0.6) is 0 Å². The third-order valence-electron chi connectivity index (χ3n) is 2.63. The number of hydrogen-bond acceptors (Lipinski definition) is 2. The smallest absolute Gasteiger partial charge is 0.193 e. The molecule has 2 rings (SSSR count). The second kappa shape index (κ2) is 8.63. The fraction of sp³-hybridized carbons (Fsp3) is 0.214. The SMILES string of the molecule is CCc1cccc(NC(N)=NCc2cc(Br)cs2)c1.I. The van der Waals surface area contributed by atoms with Crippen molar-refractivity contribution in [2.24, 2.45) is 10.7 Å². The molecule has 3 N–H and O–H groups in total. The van der Waals surface area contributed by atoms with Crippen LogP contribution in [0.4, 0.5) is 5.69 Å². The van der Waals surface area contributed by atoms with Gasteiger partial charge < -0.3 is 11.1 Å². The average molecular weight is 466 g/mol. The number of nitrogens with one attached hydrogen (secondary N) is 1. The maximum absolute atomic E-state index is 5.88. The van der Waals surface area contributed by atoms with E-state index in [1.165, 1.54) is 10.4 Å². The quantitative estimate of drug-likeness (QED) is 0.393. The molecule has 0 amide bonds. The first kappa shape index (κ1) is 17.5. The molecule has 0 bridgehead atoms. The molecule has 20 heavy (non-hydrogen) atoms. The summed E-state index contributed by atoms with van der Waals surface area (Å²) in [7, 11) is 0. The molecule has 0 unspecified atom stereocenters. The number of guanidine groups is 1. The number of halogens is 2. The number of nitrogens with zero attached hydrogens (tertiary/aromatic N) is 1. The largest absolute Gasteiger partial charge is 0.370 e. The van der Waals surface area contributed by atoms with Gasteiger partial charge in [0.05, 0.1) is 6.54 Å². The van der Waals surface area contributed by atoms with Gasteiger partial charge in [0.2, 0.25) is 0 Å². The molecule has 0 fully saturated rings. The highest BCUT2D eigenvalue weighted by Gasteiger charge is 1.99. The van der Waals surface area contributed by atoms with Crippen LogP contribution < -0.4 is 11.1 Å². The van der Waals surface area contributed by atoms with Gasteiger partial charge in [0, 0.05) is 20.4 Å². The van der Waals surface area contributed by atoms with Gasteiger partial charge in [-0.25, -0.2) is 4.99 Å². The molecule has 0 radical (unpaired) electrons. The van der Waals surface area contributed by atoms with Gasteiger partial charge in [0.15, 0.2) is 5.96 Å². The maximum atomic E-state index is 5.88. The first-order valence-corrected chi connectivity index (χ1v) is 7.73. The second-order valence-electron chi connectivity index (χ2n) is 4.11. The number of nitrogens with two attached hydrogens (primary N) is 1. The maximum Gasteiger partial charge on any atom is 0.193 e. The number of aryl methyl sites for hydroxylation is 1. The molecule has 108 valence electrons. The van der Waals surface area contributed by atoms with E-state index in [1.54, 1.807) is 11.3 Å². The summed E-state index contributed by atoms with van der Waals surface area (Å²) in [4.78, 5) is 5.51. The molecule has 0 aliphatic carbocycles. The van der Waals surface area contributed by atoms with Crippen molar-refractivity contribution >= 4 is 62.9 Å². The van der Waals surface area contributed by atoms with Gasteiger partial charge in [-0.3, -0.25) is 0 Å². The van der Waals surface area contributed by atoms with Crippen molar-refractivity contribution in [2.45, 2.75) is 19.9 Å². The Hall–Kier alpha value is -0.600. The van der Waals surface area contributed by atoms with Gasteiger partial charge in [0.25, 0.3) is 0 Å². The van der Waals surface area contributed by atoms with Crippen molar-refractivity contribution in [1.29, 1.82) is 0 Å². The monoisotopic (exact) mass is 465 g/mol. The molecule has 3 nitrogen and oxygen atoms in total. The summed E-state index contributed by atoms with van der Waals surface area (Å²) in [6.45, 7) is 2.73. The summed E-state index contributed by atoms with van der Waals surface area (Å²) in [6, 6.07) is 10.2. The molecule has 0 saturated heterocycles. The minimum absolute atomic E-state index is 0. The normalized spacial score (nSPS) is 11.0. The average Bonchev–Trinajstić information content (AvgIpc) is 2.82. The molecule has 0 aliphatic heterocycles. The number of benzene rings is 1. The predicted molar refractivity (Wildman–Crippen MR) is 102 cm³/mol. The highest BCUT2D eigenvalue weighted by Crippen LogP contribution is 2.20. The lowest BCUT2D eigenvalue weighted by Gasteiger charge is -2.06. The minimum Gasteiger partial charge on any atom is -0.370 e. The molecule has 1 aromatic carbocycles. The van der Waals surface area contributed by atoms with Gasteiger partial charge in [-0.1, -0.05) is 19.1 Å². The highest BCUT2D eigenvalue weighted by atomic mass is 127. The van der Waals surface area contributed by atoms with Crippen molar-refractivity contribution in [3.05, 3.63) is 50.6 Å². The Labute approximate surface area is 148 Å². The molecule has 2 aromatic rings. The Bertz CT molecular complexity index is 583. The van der Waals surface area contributed by atoms with E-state index in [-0.39, 0.29) is 24.0 Å². The number of aliphatic imine (C=N–C) groups is 1. The van der Waals surface area contributed by atoms with Gasteiger partial charge in [-0.05, 0) is 46.1 Å². The third kappa shape index (κ3) is 5.41. The van der Waals surface area contributed by atoms with Crippen LogP contribution in [0.1, 0.15) is 17.4 Å². The van der Waals surface area contributed by atoms with Crippen LogP contribution in [-0.4, -0.2) is 5.96 Å². The molecule has 6 heteroatoms. The van der Waals surface area contributed by atoms with E-state index < -0.39 is 0 Å². The van der Waals surface area contributed by atoms with E-state index in [2.05, 4.69) is 51.4 Å². The van der Waals surface area contributed by atoms with E-state index in [1.807, 2.05) is 17.5 Å². The Balaban J connectivity index is 0.00000200. The zero-order chi connectivity index (χ0) is 13.7. The summed E-state index contributed by atoms with van der Waals surface area (Å²) in [5.41, 5.74) is 8.14. The van der Waals surface area contributed by atoms with Gasteiger partial charge in [-0.2, -0.15) is 0 Å². The second-order valence-corrected chi connectivity index (χ2v) is 6.02. The summed E-state index contributed by atoms with van der Waals surface area (Å²) < 4.78 is 1.09. The van der Waals surface area contributed by atoms with Crippen molar-refractivity contribution in [3.63, 3.8) is 0 Å². The van der Waals surface area contributed by atoms with Crippen LogP contribution in [0.25, 0.3) is 0 Å². The number of hydrogen-bond donors (Lipinski definition) is 2. The summed E-state index contributed by atoms with van der Waals surface area (Å²) >= 11 is 5.09. The minimum atomic E-state index is 0. The Morgan fingerprint density at radius 2 is 2.20 bits per heavy atom. The Morgan fingerprint density at radius 3 is 2.85 bits per heavy atom. The zero-order valence-electron chi connectivity index (χ0n) is 11.1. The van der Waals surface area contributed by atoms with Crippen LogP contribution in [0, 0.1) is 0 Å². The van der Waals surface area contributed by atoms with Crippen LogP contribution >= 0.6 is 51.2 Å². The van der Waals surface area contributed by atoms with Crippen LogP contribution in [0.3, 0.4) is 0 Å². The zero-order valence-corrected chi connectivity index (χ0v) is 15.8. The summed E-state index contributed by atoms with van der Waals surface area (Å²) in [5.74, 6) is 0.442. The Kier molecular flexibility index (Phi) is 7.53. The van der Waals surface area contributed by atoms with Crippen molar-refractivity contribution in [2.75, 3.05) is 5.32 Å². The van der Waals surface area contributed by atoms with Crippen LogP contribution in [-0.2, 0) is 13.0 Å². The first-order chi connectivity index (χ1) is 9.17. The number of rotatable bonds is 4. The molecule has 1 heterocycles. The van der Waals surface area contributed by atoms with E-state index in [0.29, 0.717) is 12.5 Å². The first-order valence-electron chi connectivity index (χ1n) is 6.06. The van der Waals surface area contributed by atoms with E-state index in [4.69, 9.17) is 5.73 Å².